The second kappa shape index (κ2) is 7.14. The van der Waals surface area contributed by atoms with Gasteiger partial charge in [-0.2, -0.15) is 0 Å². The first kappa shape index (κ1) is 18.3. The number of aromatic nitrogens is 4. The fourth-order valence-electron chi connectivity index (χ4n) is 3.50. The lowest BCUT2D eigenvalue weighted by molar-refractivity contribution is 0.0746. The second-order valence-corrected chi connectivity index (χ2v) is 7.33. The van der Waals surface area contributed by atoms with Crippen LogP contribution in [0.4, 0.5) is 5.95 Å². The molecule has 0 N–H and O–H groups in total. The maximum absolute atomic E-state index is 13.0. The van der Waals surface area contributed by atoms with Gasteiger partial charge in [-0.25, -0.2) is 19.9 Å². The van der Waals surface area contributed by atoms with E-state index in [9.17, 15) is 4.79 Å². The van der Waals surface area contributed by atoms with Crippen LogP contribution >= 0.6 is 0 Å². The van der Waals surface area contributed by atoms with E-state index in [0.29, 0.717) is 18.7 Å². The first-order valence-corrected chi connectivity index (χ1v) is 9.52. The predicted octanol–water partition coefficient (Wildman–Crippen LogP) is 2.62. The van der Waals surface area contributed by atoms with Crippen molar-refractivity contribution in [1.82, 2.24) is 24.8 Å². The quantitative estimate of drug-likeness (QED) is 0.684. The summed E-state index contributed by atoms with van der Waals surface area (Å²) < 4.78 is 0. The topological polar surface area (TPSA) is 75.1 Å². The van der Waals surface area contributed by atoms with Crippen molar-refractivity contribution in [2.24, 2.45) is 0 Å². The molecule has 3 heterocycles. The van der Waals surface area contributed by atoms with E-state index in [1.54, 1.807) is 0 Å². The zero-order valence-electron chi connectivity index (χ0n) is 16.7. The minimum absolute atomic E-state index is 0.0305. The molecule has 1 aliphatic heterocycles. The van der Waals surface area contributed by atoms with Gasteiger partial charge in [0, 0.05) is 43.1 Å². The third-order valence-electron chi connectivity index (χ3n) is 5.14. The van der Waals surface area contributed by atoms with Crippen molar-refractivity contribution in [3.63, 3.8) is 0 Å². The predicted molar refractivity (Wildman–Crippen MR) is 109 cm³/mol. The van der Waals surface area contributed by atoms with E-state index < -0.39 is 0 Å². The summed E-state index contributed by atoms with van der Waals surface area (Å²) in [7, 11) is 0. The smallest absolute Gasteiger partial charge is 0.254 e. The van der Waals surface area contributed by atoms with E-state index in [2.05, 4.69) is 24.8 Å². The highest BCUT2D eigenvalue weighted by Gasteiger charge is 2.24. The van der Waals surface area contributed by atoms with Crippen molar-refractivity contribution in [3.8, 4) is 0 Å². The number of carbonyl (C=O) groups excluding carboxylic acids is 1. The molecule has 7 nitrogen and oxygen atoms in total. The Bertz CT molecular complexity index is 1040. The summed E-state index contributed by atoms with van der Waals surface area (Å²) in [5.41, 5.74) is 5.96. The number of aryl methyl sites for hydroxylation is 4. The molecule has 7 heteroatoms. The van der Waals surface area contributed by atoms with E-state index in [4.69, 9.17) is 0 Å². The minimum Gasteiger partial charge on any atom is -0.337 e. The van der Waals surface area contributed by atoms with Gasteiger partial charge in [0.2, 0.25) is 5.95 Å². The summed E-state index contributed by atoms with van der Waals surface area (Å²) in [5.74, 6) is 0.777. The monoisotopic (exact) mass is 376 g/mol. The maximum Gasteiger partial charge on any atom is 0.254 e. The third-order valence-corrected chi connectivity index (χ3v) is 5.14. The van der Waals surface area contributed by atoms with Gasteiger partial charge < -0.3 is 9.80 Å². The van der Waals surface area contributed by atoms with Crippen molar-refractivity contribution in [2.75, 3.05) is 31.1 Å². The maximum atomic E-state index is 13.0. The molecule has 144 valence electrons. The zero-order chi connectivity index (χ0) is 19.8. The van der Waals surface area contributed by atoms with Crippen LogP contribution < -0.4 is 4.90 Å². The number of hydrogen-bond donors (Lipinski definition) is 0. The van der Waals surface area contributed by atoms with E-state index in [1.807, 2.05) is 56.9 Å². The van der Waals surface area contributed by atoms with E-state index >= 15 is 0 Å². The molecule has 1 fully saturated rings. The van der Waals surface area contributed by atoms with Crippen LogP contribution in [-0.2, 0) is 0 Å². The first-order chi connectivity index (χ1) is 13.4. The van der Waals surface area contributed by atoms with E-state index in [-0.39, 0.29) is 5.91 Å². The molecular weight excluding hydrogens is 352 g/mol. The Morgan fingerprint density at radius 2 is 1.39 bits per heavy atom. The lowest BCUT2D eigenvalue weighted by atomic mass is 10.1. The number of amides is 1. The van der Waals surface area contributed by atoms with Gasteiger partial charge in [0.1, 0.15) is 0 Å². The van der Waals surface area contributed by atoms with E-state index in [0.717, 1.165) is 52.8 Å². The first-order valence-electron chi connectivity index (χ1n) is 9.52. The van der Waals surface area contributed by atoms with Crippen LogP contribution in [0, 0.1) is 27.7 Å². The molecule has 0 radical (unpaired) electrons. The highest BCUT2D eigenvalue weighted by atomic mass is 16.2. The van der Waals surface area contributed by atoms with Crippen LogP contribution in [0.1, 0.15) is 33.1 Å². The Balaban J connectivity index is 1.49. The molecule has 0 atom stereocenters. The highest BCUT2D eigenvalue weighted by molar-refractivity contribution is 5.97. The molecule has 0 unspecified atom stereocenters. The van der Waals surface area contributed by atoms with Gasteiger partial charge in [-0.1, -0.05) is 0 Å². The van der Waals surface area contributed by atoms with Crippen molar-refractivity contribution in [3.05, 3.63) is 52.6 Å². The van der Waals surface area contributed by atoms with Gasteiger partial charge in [0.15, 0.2) is 0 Å². The lowest BCUT2D eigenvalue weighted by Crippen LogP contribution is -2.49. The summed E-state index contributed by atoms with van der Waals surface area (Å²) in [5, 5.41) is 0. The van der Waals surface area contributed by atoms with Gasteiger partial charge >= 0.3 is 0 Å². The average molecular weight is 376 g/mol. The molecule has 4 rings (SSSR count). The molecule has 1 aliphatic rings. The highest BCUT2D eigenvalue weighted by Crippen LogP contribution is 2.18. The van der Waals surface area contributed by atoms with Crippen molar-refractivity contribution in [1.29, 1.82) is 0 Å². The molecule has 3 aromatic rings. The molecule has 0 aliphatic carbocycles. The van der Waals surface area contributed by atoms with Crippen LogP contribution in [0.25, 0.3) is 11.0 Å². The van der Waals surface area contributed by atoms with Gasteiger partial charge in [-0.3, -0.25) is 4.79 Å². The molecule has 1 amide bonds. The Labute approximate surface area is 164 Å². The fourth-order valence-corrected chi connectivity index (χ4v) is 3.50. The number of anilines is 1. The van der Waals surface area contributed by atoms with Crippen molar-refractivity contribution in [2.45, 2.75) is 27.7 Å². The average Bonchev–Trinajstić information content (AvgIpc) is 2.67. The molecule has 28 heavy (non-hydrogen) atoms. The standard InChI is InChI=1S/C21H24N6O/c1-13-11-14(2)23-21(22-13)27-9-7-26(8-10-27)20(28)17-5-6-18-19(12-17)25-16(4)15(3)24-18/h5-6,11-12H,7-10H2,1-4H3. The summed E-state index contributed by atoms with van der Waals surface area (Å²) in [4.78, 5) is 35.2. The Kier molecular flexibility index (Phi) is 4.66. The number of rotatable bonds is 2. The number of piperazine rings is 1. The van der Waals surface area contributed by atoms with Crippen LogP contribution in [-0.4, -0.2) is 56.9 Å². The third kappa shape index (κ3) is 3.52. The van der Waals surface area contributed by atoms with Gasteiger partial charge in [-0.05, 0) is 52.0 Å². The van der Waals surface area contributed by atoms with E-state index in [1.165, 1.54) is 0 Å². The fraction of sp³-hybridized carbons (Fsp3) is 0.381. The van der Waals surface area contributed by atoms with Crippen LogP contribution in [0.15, 0.2) is 24.3 Å². The second-order valence-electron chi connectivity index (χ2n) is 7.33. The molecule has 0 spiro atoms. The van der Waals surface area contributed by atoms with Crippen LogP contribution in [0.5, 0.6) is 0 Å². The molecule has 2 aromatic heterocycles. The molecule has 1 aromatic carbocycles. The number of carbonyl (C=O) groups is 1. The normalized spacial score (nSPS) is 14.6. The van der Waals surface area contributed by atoms with Gasteiger partial charge in [0.25, 0.3) is 5.91 Å². The molecule has 0 saturated carbocycles. The summed E-state index contributed by atoms with van der Waals surface area (Å²) >= 11 is 0. The van der Waals surface area contributed by atoms with Crippen molar-refractivity contribution >= 4 is 22.9 Å². The van der Waals surface area contributed by atoms with Gasteiger partial charge in [0.05, 0.1) is 22.4 Å². The van der Waals surface area contributed by atoms with Crippen LogP contribution in [0.2, 0.25) is 0 Å². The lowest BCUT2D eigenvalue weighted by Gasteiger charge is -2.35. The number of hydrogen-bond acceptors (Lipinski definition) is 6. The molecule has 1 saturated heterocycles. The zero-order valence-corrected chi connectivity index (χ0v) is 16.7. The summed E-state index contributed by atoms with van der Waals surface area (Å²) in [6, 6.07) is 7.53. The molecular formula is C21H24N6O. The Hall–Kier alpha value is -3.09. The molecule has 0 bridgehead atoms. The van der Waals surface area contributed by atoms with Crippen LogP contribution in [0.3, 0.4) is 0 Å². The van der Waals surface area contributed by atoms with Gasteiger partial charge in [-0.15, -0.1) is 0 Å². The minimum atomic E-state index is 0.0305. The number of fused-ring (bicyclic) bond motifs is 1. The SMILES string of the molecule is Cc1cc(C)nc(N2CCN(C(=O)c3ccc4nc(C)c(C)nc4c3)CC2)n1. The summed E-state index contributed by atoms with van der Waals surface area (Å²) in [6.07, 6.45) is 0. The largest absolute Gasteiger partial charge is 0.337 e. The van der Waals surface area contributed by atoms with Crippen molar-refractivity contribution < 1.29 is 4.79 Å². The number of benzene rings is 1. The summed E-state index contributed by atoms with van der Waals surface area (Å²) in [6.45, 7) is 10.6. The Morgan fingerprint density at radius 1 is 0.786 bits per heavy atom. The Morgan fingerprint density at radius 3 is 2.04 bits per heavy atom. The number of nitrogens with zero attached hydrogens (tertiary/aromatic N) is 6.